The van der Waals surface area contributed by atoms with Gasteiger partial charge in [-0.3, -0.25) is 9.71 Å². The average Bonchev–Trinajstić information content (AvgIpc) is 2.42. The van der Waals surface area contributed by atoms with Crippen LogP contribution in [0.25, 0.3) is 0 Å². The van der Waals surface area contributed by atoms with Crippen molar-refractivity contribution in [3.63, 3.8) is 0 Å². The van der Waals surface area contributed by atoms with E-state index >= 15 is 0 Å². The Morgan fingerprint density at radius 3 is 2.52 bits per heavy atom. The van der Waals surface area contributed by atoms with Gasteiger partial charge in [-0.15, -0.1) is 0 Å². The van der Waals surface area contributed by atoms with E-state index in [1.54, 1.807) is 31.2 Å². The molecule has 6 heteroatoms. The number of nitrogens with one attached hydrogen (secondary N) is 1. The van der Waals surface area contributed by atoms with Gasteiger partial charge >= 0.3 is 0 Å². The van der Waals surface area contributed by atoms with Crippen LogP contribution >= 0.6 is 0 Å². The lowest BCUT2D eigenvalue weighted by Crippen LogP contribution is -2.16. The summed E-state index contributed by atoms with van der Waals surface area (Å²) in [5.41, 5.74) is 8.83. The van der Waals surface area contributed by atoms with Gasteiger partial charge in [0.25, 0.3) is 10.0 Å². The zero-order valence-electron chi connectivity index (χ0n) is 12.3. The maximum atomic E-state index is 12.6. The molecule has 1 aromatic heterocycles. The van der Waals surface area contributed by atoms with Crippen LogP contribution in [0.1, 0.15) is 23.9 Å². The third-order valence-corrected chi connectivity index (χ3v) is 4.68. The zero-order chi connectivity index (χ0) is 15.6. The van der Waals surface area contributed by atoms with Crippen molar-refractivity contribution in [2.24, 2.45) is 0 Å². The number of sulfonamides is 1. The lowest BCUT2D eigenvalue weighted by molar-refractivity contribution is 0.600. The fourth-order valence-electron chi connectivity index (χ4n) is 2.11. The number of nitrogen functional groups attached to an aromatic ring is 1. The van der Waals surface area contributed by atoms with E-state index in [-0.39, 0.29) is 4.90 Å². The van der Waals surface area contributed by atoms with Crippen LogP contribution in [0.4, 0.5) is 11.4 Å². The number of anilines is 2. The predicted octanol–water partition coefficient (Wildman–Crippen LogP) is 2.64. The Bertz CT molecular complexity index is 770. The number of nitrogens with zero attached hydrogens (tertiary/aromatic N) is 1. The normalized spacial score (nSPS) is 11.4. The molecule has 5 nitrogen and oxygen atoms in total. The summed E-state index contributed by atoms with van der Waals surface area (Å²) in [7, 11) is -3.68. The monoisotopic (exact) mass is 305 g/mol. The SMILES string of the molecule is CCc1ccc(N)cc1S(=O)(=O)Nc1ccc(C)nc1C. The number of hydrogen-bond donors (Lipinski definition) is 2. The van der Waals surface area contributed by atoms with Crippen molar-refractivity contribution < 1.29 is 8.42 Å². The molecule has 0 aliphatic rings. The van der Waals surface area contributed by atoms with Crippen LogP contribution in [-0.2, 0) is 16.4 Å². The van der Waals surface area contributed by atoms with Gasteiger partial charge in [0.1, 0.15) is 0 Å². The van der Waals surface area contributed by atoms with Crippen molar-refractivity contribution in [1.29, 1.82) is 0 Å². The molecule has 0 unspecified atom stereocenters. The first-order chi connectivity index (χ1) is 9.83. The van der Waals surface area contributed by atoms with Crippen molar-refractivity contribution in [3.05, 3.63) is 47.3 Å². The van der Waals surface area contributed by atoms with E-state index in [0.29, 0.717) is 23.5 Å². The molecule has 0 aliphatic heterocycles. The maximum Gasteiger partial charge on any atom is 0.262 e. The molecule has 1 aromatic carbocycles. The van der Waals surface area contributed by atoms with Gasteiger partial charge in [-0.25, -0.2) is 8.42 Å². The highest BCUT2D eigenvalue weighted by molar-refractivity contribution is 7.92. The summed E-state index contributed by atoms with van der Waals surface area (Å²) in [6.45, 7) is 5.53. The average molecular weight is 305 g/mol. The molecule has 0 aliphatic carbocycles. The molecule has 3 N–H and O–H groups in total. The molecule has 0 saturated carbocycles. The van der Waals surface area contributed by atoms with Gasteiger partial charge in [-0.1, -0.05) is 13.0 Å². The predicted molar refractivity (Wildman–Crippen MR) is 84.8 cm³/mol. The summed E-state index contributed by atoms with van der Waals surface area (Å²) in [4.78, 5) is 4.47. The molecule has 0 bridgehead atoms. The Kier molecular flexibility index (Phi) is 4.18. The Morgan fingerprint density at radius 1 is 1.19 bits per heavy atom. The summed E-state index contributed by atoms with van der Waals surface area (Å²) >= 11 is 0. The lowest BCUT2D eigenvalue weighted by atomic mass is 10.1. The molecular weight excluding hydrogens is 286 g/mol. The lowest BCUT2D eigenvalue weighted by Gasteiger charge is -2.13. The standard InChI is InChI=1S/C15H19N3O2S/c1-4-12-6-7-13(16)9-15(12)21(19,20)18-14-8-5-10(2)17-11(14)3/h5-9,18H,4,16H2,1-3H3. The highest BCUT2D eigenvalue weighted by Crippen LogP contribution is 2.23. The first-order valence-electron chi connectivity index (χ1n) is 6.69. The summed E-state index contributed by atoms with van der Waals surface area (Å²) in [5, 5.41) is 0. The second-order valence-electron chi connectivity index (χ2n) is 4.91. The van der Waals surface area contributed by atoms with Gasteiger partial charge in [0, 0.05) is 11.4 Å². The number of rotatable bonds is 4. The van der Waals surface area contributed by atoms with Gasteiger partial charge in [0.05, 0.1) is 16.3 Å². The highest BCUT2D eigenvalue weighted by atomic mass is 32.2. The van der Waals surface area contributed by atoms with Gasteiger partial charge in [0.15, 0.2) is 0 Å². The van der Waals surface area contributed by atoms with Crippen LogP contribution < -0.4 is 10.5 Å². The minimum atomic E-state index is -3.68. The molecule has 0 atom stereocenters. The molecule has 2 aromatic rings. The zero-order valence-corrected chi connectivity index (χ0v) is 13.2. The van der Waals surface area contributed by atoms with Crippen molar-refractivity contribution in [2.45, 2.75) is 32.1 Å². The van der Waals surface area contributed by atoms with Crippen molar-refractivity contribution >= 4 is 21.4 Å². The van der Waals surface area contributed by atoms with Gasteiger partial charge in [0.2, 0.25) is 0 Å². The fourth-order valence-corrected chi connectivity index (χ4v) is 3.57. The van der Waals surface area contributed by atoms with Crippen LogP contribution in [0.15, 0.2) is 35.2 Å². The third kappa shape index (κ3) is 3.33. The summed E-state index contributed by atoms with van der Waals surface area (Å²) in [6.07, 6.45) is 0.613. The summed E-state index contributed by atoms with van der Waals surface area (Å²) in [5.74, 6) is 0. The maximum absolute atomic E-state index is 12.6. The van der Waals surface area contributed by atoms with Gasteiger partial charge in [-0.2, -0.15) is 0 Å². The molecule has 1 heterocycles. The van der Waals surface area contributed by atoms with Crippen LogP contribution in [-0.4, -0.2) is 13.4 Å². The molecule has 112 valence electrons. The van der Waals surface area contributed by atoms with Gasteiger partial charge < -0.3 is 5.73 Å². The first kappa shape index (κ1) is 15.3. The quantitative estimate of drug-likeness (QED) is 0.850. The van der Waals surface area contributed by atoms with Crippen LogP contribution in [0, 0.1) is 13.8 Å². The highest BCUT2D eigenvalue weighted by Gasteiger charge is 2.19. The second-order valence-corrected chi connectivity index (χ2v) is 6.56. The van der Waals surface area contributed by atoms with E-state index in [9.17, 15) is 8.42 Å². The molecule has 0 spiro atoms. The van der Waals surface area contributed by atoms with Crippen LogP contribution in [0.5, 0.6) is 0 Å². The number of nitrogens with two attached hydrogens (primary N) is 1. The van der Waals surface area contributed by atoms with E-state index in [1.807, 2.05) is 13.8 Å². The number of aryl methyl sites for hydroxylation is 3. The van der Waals surface area contributed by atoms with Crippen molar-refractivity contribution in [1.82, 2.24) is 4.98 Å². The number of aromatic nitrogens is 1. The molecule has 0 radical (unpaired) electrons. The topological polar surface area (TPSA) is 85.1 Å². The second kappa shape index (κ2) is 5.73. The van der Waals surface area contributed by atoms with E-state index in [0.717, 1.165) is 11.3 Å². The van der Waals surface area contributed by atoms with Crippen molar-refractivity contribution in [2.75, 3.05) is 10.5 Å². The Morgan fingerprint density at radius 2 is 1.90 bits per heavy atom. The molecule has 0 amide bonds. The fraction of sp³-hybridized carbons (Fsp3) is 0.267. The Balaban J connectivity index is 2.45. The molecule has 21 heavy (non-hydrogen) atoms. The van der Waals surface area contributed by atoms with Crippen LogP contribution in [0.3, 0.4) is 0 Å². The van der Waals surface area contributed by atoms with Crippen molar-refractivity contribution in [3.8, 4) is 0 Å². The van der Waals surface area contributed by atoms with Gasteiger partial charge in [-0.05, 0) is 50.1 Å². The Hall–Kier alpha value is -2.08. The number of benzene rings is 1. The molecule has 0 fully saturated rings. The number of pyridine rings is 1. The van der Waals surface area contributed by atoms with E-state index < -0.39 is 10.0 Å². The van der Waals surface area contributed by atoms with E-state index in [1.165, 1.54) is 6.07 Å². The smallest absolute Gasteiger partial charge is 0.262 e. The first-order valence-corrected chi connectivity index (χ1v) is 8.17. The van der Waals surface area contributed by atoms with E-state index in [4.69, 9.17) is 5.73 Å². The largest absolute Gasteiger partial charge is 0.399 e. The minimum Gasteiger partial charge on any atom is -0.399 e. The third-order valence-electron chi connectivity index (χ3n) is 3.23. The molecule has 2 rings (SSSR count). The molecular formula is C15H19N3O2S. The Labute approximate surface area is 125 Å². The summed E-state index contributed by atoms with van der Waals surface area (Å²) in [6, 6.07) is 8.41. The summed E-state index contributed by atoms with van der Waals surface area (Å²) < 4.78 is 27.7. The molecule has 0 saturated heterocycles. The minimum absolute atomic E-state index is 0.213. The van der Waals surface area contributed by atoms with E-state index in [2.05, 4.69) is 9.71 Å². The van der Waals surface area contributed by atoms with Crippen LogP contribution in [0.2, 0.25) is 0 Å². The number of hydrogen-bond acceptors (Lipinski definition) is 4.